The Morgan fingerprint density at radius 2 is 1.82 bits per heavy atom. The minimum absolute atomic E-state index is 0.173. The first kappa shape index (κ1) is 22.8. The van der Waals surface area contributed by atoms with Crippen LogP contribution in [0.5, 0.6) is 5.75 Å². The van der Waals surface area contributed by atoms with Gasteiger partial charge in [0.1, 0.15) is 5.75 Å². The maximum absolute atomic E-state index is 12.6. The first-order valence-electron chi connectivity index (χ1n) is 11.7. The molecule has 5 nitrogen and oxygen atoms in total. The summed E-state index contributed by atoms with van der Waals surface area (Å²) < 4.78 is 44.0. The van der Waals surface area contributed by atoms with Gasteiger partial charge in [0.25, 0.3) is 5.91 Å². The van der Waals surface area contributed by atoms with Crippen molar-refractivity contribution in [2.45, 2.75) is 25.4 Å². The molecule has 1 saturated heterocycles. The highest BCUT2D eigenvalue weighted by molar-refractivity contribution is 6.09. The van der Waals surface area contributed by atoms with Crippen LogP contribution >= 0.6 is 0 Å². The third-order valence-electron chi connectivity index (χ3n) is 7.06. The highest BCUT2D eigenvalue weighted by atomic mass is 19.4. The fourth-order valence-corrected chi connectivity index (χ4v) is 5.56. The van der Waals surface area contributed by atoms with Crippen molar-refractivity contribution in [1.29, 1.82) is 0 Å². The van der Waals surface area contributed by atoms with Gasteiger partial charge in [-0.3, -0.25) is 9.69 Å². The summed E-state index contributed by atoms with van der Waals surface area (Å²) in [5.41, 5.74) is 2.19. The van der Waals surface area contributed by atoms with E-state index in [0.29, 0.717) is 48.7 Å². The number of aromatic amines is 1. The summed E-state index contributed by atoms with van der Waals surface area (Å²) in [4.78, 5) is 17.2. The van der Waals surface area contributed by atoms with Gasteiger partial charge in [0.2, 0.25) is 0 Å². The molecule has 2 fully saturated rings. The predicted molar refractivity (Wildman–Crippen MR) is 125 cm³/mol. The monoisotopic (exact) mass is 471 g/mol. The second-order valence-electron chi connectivity index (χ2n) is 9.53. The standard InChI is InChI=1S/C26H28F3N3O2/c27-26(28,29)16-32-14-19-10-17(11-20(19)15-32)8-9-34-21-6-7-23-22(12-21)24(13-30-23)31-25(33)18-4-2-1-3-5-18/h1-7,12-13,17,19-20,30H,8-11,14-16H2,(H,31,33)/t17-,19-,20+. The van der Waals surface area contributed by atoms with Crippen LogP contribution in [0.3, 0.4) is 0 Å². The molecule has 8 heteroatoms. The second kappa shape index (κ2) is 9.33. The molecule has 0 bridgehead atoms. The predicted octanol–water partition coefficient (Wildman–Crippen LogP) is 5.71. The lowest BCUT2D eigenvalue weighted by molar-refractivity contribution is -0.144. The van der Waals surface area contributed by atoms with E-state index in [1.54, 1.807) is 23.2 Å². The quantitative estimate of drug-likeness (QED) is 0.464. The fraction of sp³-hybridized carbons (Fsp3) is 0.423. The zero-order chi connectivity index (χ0) is 23.7. The van der Waals surface area contributed by atoms with Crippen LogP contribution in [0, 0.1) is 17.8 Å². The zero-order valence-electron chi connectivity index (χ0n) is 18.8. The number of aromatic nitrogens is 1. The second-order valence-corrected chi connectivity index (χ2v) is 9.53. The first-order chi connectivity index (χ1) is 16.3. The van der Waals surface area contributed by atoms with E-state index in [9.17, 15) is 18.0 Å². The number of anilines is 1. The van der Waals surface area contributed by atoms with Gasteiger partial charge < -0.3 is 15.0 Å². The van der Waals surface area contributed by atoms with Gasteiger partial charge >= 0.3 is 6.18 Å². The lowest BCUT2D eigenvalue weighted by atomic mass is 10.0. The zero-order valence-corrected chi connectivity index (χ0v) is 18.8. The largest absolute Gasteiger partial charge is 0.494 e. The van der Waals surface area contributed by atoms with E-state index in [2.05, 4.69) is 10.3 Å². The van der Waals surface area contributed by atoms with Gasteiger partial charge in [-0.05, 0) is 67.3 Å². The Morgan fingerprint density at radius 1 is 1.09 bits per heavy atom. The average Bonchev–Trinajstić information content (AvgIpc) is 3.46. The molecule has 1 aromatic heterocycles. The maximum Gasteiger partial charge on any atom is 0.401 e. The summed E-state index contributed by atoms with van der Waals surface area (Å²) in [5.74, 6) is 1.81. The molecule has 1 amide bonds. The van der Waals surface area contributed by atoms with E-state index in [1.165, 1.54) is 0 Å². The van der Waals surface area contributed by atoms with E-state index in [0.717, 1.165) is 35.9 Å². The molecule has 2 aliphatic rings. The van der Waals surface area contributed by atoms with Crippen molar-refractivity contribution in [3.05, 3.63) is 60.3 Å². The van der Waals surface area contributed by atoms with Gasteiger partial charge in [-0.2, -0.15) is 13.2 Å². The summed E-state index contributed by atoms with van der Waals surface area (Å²) in [7, 11) is 0. The number of fused-ring (bicyclic) bond motifs is 2. The van der Waals surface area contributed by atoms with Crippen molar-refractivity contribution in [2.75, 3.05) is 31.6 Å². The molecule has 2 heterocycles. The topological polar surface area (TPSA) is 57.4 Å². The molecule has 2 N–H and O–H groups in total. The third kappa shape index (κ3) is 5.22. The smallest absolute Gasteiger partial charge is 0.401 e. The van der Waals surface area contributed by atoms with E-state index in [-0.39, 0.29) is 5.91 Å². The molecule has 3 atom stereocenters. The maximum atomic E-state index is 12.6. The number of rotatable bonds is 7. The van der Waals surface area contributed by atoms with Crippen LogP contribution in [0.2, 0.25) is 0 Å². The van der Waals surface area contributed by atoms with Crippen LogP contribution in [0.4, 0.5) is 18.9 Å². The van der Waals surface area contributed by atoms with E-state index in [4.69, 9.17) is 4.74 Å². The molecular weight excluding hydrogens is 443 g/mol. The van der Waals surface area contributed by atoms with Gasteiger partial charge in [-0.25, -0.2) is 0 Å². The number of H-pyrrole nitrogens is 1. The van der Waals surface area contributed by atoms with Gasteiger partial charge in [0, 0.05) is 35.8 Å². The minimum atomic E-state index is -4.11. The molecule has 0 spiro atoms. The number of benzene rings is 2. The molecule has 0 radical (unpaired) electrons. The first-order valence-corrected chi connectivity index (χ1v) is 11.7. The lowest BCUT2D eigenvalue weighted by Gasteiger charge is -2.20. The van der Waals surface area contributed by atoms with Crippen molar-refractivity contribution in [2.24, 2.45) is 17.8 Å². The normalized spacial score (nSPS) is 22.7. The summed E-state index contributed by atoms with van der Waals surface area (Å²) in [6.07, 6.45) is 0.518. The molecule has 180 valence electrons. The number of nitrogens with zero attached hydrogens (tertiary/aromatic N) is 1. The summed E-state index contributed by atoms with van der Waals surface area (Å²) >= 11 is 0. The molecule has 2 aromatic carbocycles. The molecule has 1 aliphatic carbocycles. The number of ether oxygens (including phenoxy) is 1. The molecule has 3 aromatic rings. The summed E-state index contributed by atoms with van der Waals surface area (Å²) in [6.45, 7) is 0.896. The lowest BCUT2D eigenvalue weighted by Crippen LogP contribution is -2.33. The van der Waals surface area contributed by atoms with Crippen molar-refractivity contribution in [3.8, 4) is 5.75 Å². The fourth-order valence-electron chi connectivity index (χ4n) is 5.56. The number of nitrogens with one attached hydrogen (secondary N) is 2. The van der Waals surface area contributed by atoms with E-state index in [1.807, 2.05) is 36.4 Å². The summed E-state index contributed by atoms with van der Waals surface area (Å²) in [6, 6.07) is 14.8. The van der Waals surface area contributed by atoms with E-state index >= 15 is 0 Å². The molecule has 0 unspecified atom stereocenters. The van der Waals surface area contributed by atoms with Crippen molar-refractivity contribution in [1.82, 2.24) is 9.88 Å². The van der Waals surface area contributed by atoms with Crippen LogP contribution < -0.4 is 10.1 Å². The highest BCUT2D eigenvalue weighted by Crippen LogP contribution is 2.43. The molecule has 5 rings (SSSR count). The number of alkyl halides is 3. The number of halogens is 3. The Morgan fingerprint density at radius 3 is 2.53 bits per heavy atom. The Balaban J connectivity index is 1.13. The molecule has 1 aliphatic heterocycles. The Labute approximate surface area is 196 Å². The number of hydrogen-bond donors (Lipinski definition) is 2. The van der Waals surface area contributed by atoms with E-state index < -0.39 is 12.7 Å². The number of amides is 1. The number of hydrogen-bond acceptors (Lipinski definition) is 3. The van der Waals surface area contributed by atoms with Gasteiger partial charge in [0.05, 0.1) is 18.8 Å². The van der Waals surface area contributed by atoms with Crippen LogP contribution in [0.1, 0.15) is 29.6 Å². The van der Waals surface area contributed by atoms with Gasteiger partial charge in [-0.15, -0.1) is 0 Å². The Bertz CT molecular complexity index is 1130. The third-order valence-corrected chi connectivity index (χ3v) is 7.06. The van der Waals surface area contributed by atoms with Crippen LogP contribution in [-0.4, -0.2) is 48.2 Å². The van der Waals surface area contributed by atoms with Crippen LogP contribution in [-0.2, 0) is 0 Å². The minimum Gasteiger partial charge on any atom is -0.494 e. The molecule has 1 saturated carbocycles. The molecular formula is C26H28F3N3O2. The van der Waals surface area contributed by atoms with Crippen molar-refractivity contribution < 1.29 is 22.7 Å². The highest BCUT2D eigenvalue weighted by Gasteiger charge is 2.43. The number of carbonyl (C=O) groups excluding carboxylic acids is 1. The number of likely N-dealkylation sites (tertiary alicyclic amines) is 1. The molecule has 34 heavy (non-hydrogen) atoms. The number of carbonyl (C=O) groups is 1. The van der Waals surface area contributed by atoms with Gasteiger partial charge in [0.15, 0.2) is 0 Å². The van der Waals surface area contributed by atoms with Crippen LogP contribution in [0.25, 0.3) is 10.9 Å². The van der Waals surface area contributed by atoms with Crippen LogP contribution in [0.15, 0.2) is 54.7 Å². The average molecular weight is 472 g/mol. The van der Waals surface area contributed by atoms with Gasteiger partial charge in [-0.1, -0.05) is 18.2 Å². The Hall–Kier alpha value is -3.00. The summed E-state index contributed by atoms with van der Waals surface area (Å²) in [5, 5.41) is 3.83. The SMILES string of the molecule is O=C(Nc1c[nH]c2ccc(OCC[C@@H]3C[C@@H]4CN(CC(F)(F)F)C[C@@H]4C3)cc12)c1ccccc1. The Kier molecular flexibility index (Phi) is 6.25. The van der Waals surface area contributed by atoms with Crippen molar-refractivity contribution >= 4 is 22.5 Å². The van der Waals surface area contributed by atoms with Crippen molar-refractivity contribution in [3.63, 3.8) is 0 Å².